The molecule has 7 nitrogen and oxygen atoms in total. The molecule has 2 aromatic carbocycles. The molecule has 29 heavy (non-hydrogen) atoms. The molecule has 8 heteroatoms. The number of nitrogens with one attached hydrogen (secondary N) is 2. The second-order valence-corrected chi connectivity index (χ2v) is 6.97. The number of para-hydroxylation sites is 1. The van der Waals surface area contributed by atoms with Crippen LogP contribution < -0.4 is 11.1 Å². The van der Waals surface area contributed by atoms with Gasteiger partial charge in [0, 0.05) is 40.7 Å². The maximum Gasteiger partial charge on any atom is 0.163 e. The fraction of sp³-hybridized carbons (Fsp3) is 0.0476. The van der Waals surface area contributed by atoms with Crippen LogP contribution in [0.4, 0.5) is 11.5 Å². The molecule has 3 heterocycles. The van der Waals surface area contributed by atoms with Gasteiger partial charge in [0.25, 0.3) is 0 Å². The largest absolute Gasteiger partial charge is 0.338 e. The van der Waals surface area contributed by atoms with Crippen LogP contribution in [-0.4, -0.2) is 25.1 Å². The van der Waals surface area contributed by atoms with E-state index in [0.29, 0.717) is 23.2 Å². The van der Waals surface area contributed by atoms with Gasteiger partial charge in [0.15, 0.2) is 5.82 Å². The van der Waals surface area contributed by atoms with Crippen LogP contribution in [0.5, 0.6) is 0 Å². The number of anilines is 2. The molecule has 0 amide bonds. The van der Waals surface area contributed by atoms with Crippen molar-refractivity contribution in [1.29, 1.82) is 0 Å². The SMILES string of the molecule is NCc1ccc(Nc2nc3c(-c4nnc[nH]4)cccc3c3cnccc23)c(Cl)c1. The van der Waals surface area contributed by atoms with Crippen LogP contribution in [0.2, 0.25) is 5.02 Å². The molecule has 3 aromatic heterocycles. The summed E-state index contributed by atoms with van der Waals surface area (Å²) in [6.45, 7) is 0.434. The smallest absolute Gasteiger partial charge is 0.163 e. The zero-order valence-corrected chi connectivity index (χ0v) is 16.0. The Kier molecular flexibility index (Phi) is 4.31. The summed E-state index contributed by atoms with van der Waals surface area (Å²) in [4.78, 5) is 12.3. The Morgan fingerprint density at radius 3 is 2.79 bits per heavy atom. The summed E-state index contributed by atoms with van der Waals surface area (Å²) in [6, 6.07) is 13.6. The number of aromatic nitrogens is 5. The van der Waals surface area contributed by atoms with Gasteiger partial charge in [0.05, 0.1) is 16.2 Å². The number of halogens is 1. The Balaban J connectivity index is 1.75. The molecule has 0 fully saturated rings. The van der Waals surface area contributed by atoms with Crippen LogP contribution in [0.15, 0.2) is 61.2 Å². The molecule has 0 aliphatic carbocycles. The normalized spacial score (nSPS) is 11.2. The molecular formula is C21H16ClN7. The van der Waals surface area contributed by atoms with Crippen molar-refractivity contribution in [3.63, 3.8) is 0 Å². The number of nitrogens with two attached hydrogens (primary N) is 1. The lowest BCUT2D eigenvalue weighted by molar-refractivity contribution is 1.07. The van der Waals surface area contributed by atoms with Gasteiger partial charge in [-0.25, -0.2) is 4.98 Å². The van der Waals surface area contributed by atoms with Gasteiger partial charge in [0.2, 0.25) is 0 Å². The highest BCUT2D eigenvalue weighted by atomic mass is 35.5. The minimum absolute atomic E-state index is 0.434. The highest BCUT2D eigenvalue weighted by Crippen LogP contribution is 2.35. The van der Waals surface area contributed by atoms with E-state index in [0.717, 1.165) is 38.5 Å². The van der Waals surface area contributed by atoms with Gasteiger partial charge >= 0.3 is 0 Å². The van der Waals surface area contributed by atoms with Crippen molar-refractivity contribution < 1.29 is 0 Å². The maximum atomic E-state index is 6.46. The predicted octanol–water partition coefficient (Wildman–Crippen LogP) is 4.42. The van der Waals surface area contributed by atoms with Crippen LogP contribution in [0.3, 0.4) is 0 Å². The van der Waals surface area contributed by atoms with E-state index in [9.17, 15) is 0 Å². The summed E-state index contributed by atoms with van der Waals surface area (Å²) in [5, 5.41) is 14.9. The Bertz CT molecular complexity index is 1330. The average molecular weight is 402 g/mol. The van der Waals surface area contributed by atoms with Crippen molar-refractivity contribution in [2.45, 2.75) is 6.54 Å². The maximum absolute atomic E-state index is 6.46. The molecule has 5 aromatic rings. The molecule has 5 rings (SSSR count). The second-order valence-electron chi connectivity index (χ2n) is 6.56. The molecule has 0 aliphatic rings. The quantitative estimate of drug-likeness (QED) is 0.385. The average Bonchev–Trinajstić information content (AvgIpc) is 3.29. The lowest BCUT2D eigenvalue weighted by atomic mass is 10.0. The molecule has 0 saturated carbocycles. The number of H-pyrrole nitrogens is 1. The summed E-state index contributed by atoms with van der Waals surface area (Å²) in [7, 11) is 0. The molecule has 0 spiro atoms. The molecule has 0 aliphatic heterocycles. The van der Waals surface area contributed by atoms with E-state index in [2.05, 4.69) is 25.5 Å². The number of hydrogen-bond donors (Lipinski definition) is 3. The third kappa shape index (κ3) is 3.06. The second kappa shape index (κ2) is 7.12. The lowest BCUT2D eigenvalue weighted by Crippen LogP contribution is -2.00. The van der Waals surface area contributed by atoms with Gasteiger partial charge < -0.3 is 16.0 Å². The third-order valence-electron chi connectivity index (χ3n) is 4.82. The van der Waals surface area contributed by atoms with E-state index in [1.165, 1.54) is 0 Å². The predicted molar refractivity (Wildman–Crippen MR) is 115 cm³/mol. The van der Waals surface area contributed by atoms with Crippen molar-refractivity contribution in [3.05, 3.63) is 71.8 Å². The number of fused-ring (bicyclic) bond motifs is 3. The molecule has 142 valence electrons. The van der Waals surface area contributed by atoms with Gasteiger partial charge in [0.1, 0.15) is 12.1 Å². The van der Waals surface area contributed by atoms with Crippen LogP contribution >= 0.6 is 11.6 Å². The van der Waals surface area contributed by atoms with Crippen molar-refractivity contribution in [2.75, 3.05) is 5.32 Å². The number of pyridine rings is 2. The number of benzene rings is 2. The van der Waals surface area contributed by atoms with Gasteiger partial charge in [-0.15, -0.1) is 10.2 Å². The summed E-state index contributed by atoms with van der Waals surface area (Å²) in [6.07, 6.45) is 5.14. The fourth-order valence-corrected chi connectivity index (χ4v) is 3.66. The van der Waals surface area contributed by atoms with Crippen LogP contribution in [-0.2, 0) is 6.54 Å². The zero-order chi connectivity index (χ0) is 19.8. The highest BCUT2D eigenvalue weighted by molar-refractivity contribution is 6.33. The highest BCUT2D eigenvalue weighted by Gasteiger charge is 2.15. The Morgan fingerprint density at radius 1 is 1.07 bits per heavy atom. The topological polar surface area (TPSA) is 105 Å². The van der Waals surface area contributed by atoms with Crippen LogP contribution in [0.25, 0.3) is 33.1 Å². The summed E-state index contributed by atoms with van der Waals surface area (Å²) in [5.74, 6) is 1.34. The van der Waals surface area contributed by atoms with E-state index in [-0.39, 0.29) is 0 Å². The van der Waals surface area contributed by atoms with E-state index in [1.54, 1.807) is 12.5 Å². The minimum atomic E-state index is 0.434. The van der Waals surface area contributed by atoms with Gasteiger partial charge in [-0.3, -0.25) is 4.98 Å². The molecular weight excluding hydrogens is 386 g/mol. The number of nitrogens with zero attached hydrogens (tertiary/aromatic N) is 4. The lowest BCUT2D eigenvalue weighted by Gasteiger charge is -2.14. The first kappa shape index (κ1) is 17.5. The van der Waals surface area contributed by atoms with E-state index < -0.39 is 0 Å². The summed E-state index contributed by atoms with van der Waals surface area (Å²) >= 11 is 6.46. The summed E-state index contributed by atoms with van der Waals surface area (Å²) in [5.41, 5.74) is 9.08. The van der Waals surface area contributed by atoms with E-state index in [1.807, 2.05) is 48.7 Å². The summed E-state index contributed by atoms with van der Waals surface area (Å²) < 4.78 is 0. The van der Waals surface area contributed by atoms with Crippen LogP contribution in [0, 0.1) is 0 Å². The monoisotopic (exact) mass is 401 g/mol. The fourth-order valence-electron chi connectivity index (χ4n) is 3.41. The van der Waals surface area contributed by atoms with Crippen molar-refractivity contribution in [2.24, 2.45) is 5.73 Å². The standard InChI is InChI=1S/C21H16ClN7/c22-17-8-12(9-23)4-5-18(17)27-21-14-6-7-24-10-16(14)13-2-1-3-15(19(13)28-21)20-25-11-26-29-20/h1-8,10-11H,9,23H2,(H,27,28)(H,25,26,29). The van der Waals surface area contributed by atoms with Gasteiger partial charge in [-0.2, -0.15) is 0 Å². The number of hydrogen-bond acceptors (Lipinski definition) is 6. The molecule has 0 saturated heterocycles. The first-order valence-corrected chi connectivity index (χ1v) is 9.41. The Labute approximate surface area is 171 Å². The van der Waals surface area contributed by atoms with Crippen molar-refractivity contribution in [1.82, 2.24) is 25.1 Å². The Morgan fingerprint density at radius 2 is 2.00 bits per heavy atom. The van der Waals surface area contributed by atoms with Crippen LogP contribution in [0.1, 0.15) is 5.56 Å². The number of rotatable bonds is 4. The first-order chi connectivity index (χ1) is 14.2. The Hall–Kier alpha value is -3.55. The van der Waals surface area contributed by atoms with Gasteiger partial charge in [-0.1, -0.05) is 29.8 Å². The van der Waals surface area contributed by atoms with Crippen molar-refractivity contribution >= 4 is 44.8 Å². The molecule has 0 atom stereocenters. The molecule has 0 radical (unpaired) electrons. The van der Waals surface area contributed by atoms with E-state index >= 15 is 0 Å². The number of aromatic amines is 1. The van der Waals surface area contributed by atoms with E-state index in [4.69, 9.17) is 22.3 Å². The molecule has 0 unspecified atom stereocenters. The van der Waals surface area contributed by atoms with Gasteiger partial charge in [-0.05, 0) is 29.8 Å². The molecule has 0 bridgehead atoms. The molecule has 4 N–H and O–H groups in total. The van der Waals surface area contributed by atoms with Crippen molar-refractivity contribution in [3.8, 4) is 11.4 Å². The third-order valence-corrected chi connectivity index (χ3v) is 5.13. The zero-order valence-electron chi connectivity index (χ0n) is 15.2. The minimum Gasteiger partial charge on any atom is -0.338 e. The first-order valence-electron chi connectivity index (χ1n) is 9.03.